The number of aromatic nitrogens is 3. The number of nitro groups is 1. The summed E-state index contributed by atoms with van der Waals surface area (Å²) in [5.41, 5.74) is 1.84. The number of hydrogen-bond acceptors (Lipinski definition) is 7. The van der Waals surface area contributed by atoms with Gasteiger partial charge in [0.2, 0.25) is 17.6 Å². The summed E-state index contributed by atoms with van der Waals surface area (Å²) in [6, 6.07) is 7.83. The molecule has 0 aliphatic carbocycles. The molecule has 1 N–H and O–H groups in total. The van der Waals surface area contributed by atoms with Gasteiger partial charge < -0.3 is 9.84 Å². The van der Waals surface area contributed by atoms with Crippen LogP contribution in [0, 0.1) is 17.0 Å². The molecular weight excluding hydrogens is 338 g/mol. The third-order valence-electron chi connectivity index (χ3n) is 3.68. The van der Waals surface area contributed by atoms with Crippen molar-refractivity contribution < 1.29 is 14.2 Å². The summed E-state index contributed by atoms with van der Waals surface area (Å²) in [4.78, 5) is 30.6. The maximum atomic E-state index is 12.1. The molecule has 0 fully saturated rings. The average Bonchev–Trinajstić information content (AvgIpc) is 3.11. The zero-order chi connectivity index (χ0) is 18.5. The Labute approximate surface area is 148 Å². The molecule has 9 nitrogen and oxygen atoms in total. The van der Waals surface area contributed by atoms with Gasteiger partial charge in [-0.15, -0.1) is 0 Å². The molecule has 0 spiro atoms. The number of carbonyl (C=O) groups is 1. The molecule has 9 heteroatoms. The van der Waals surface area contributed by atoms with Gasteiger partial charge in [-0.3, -0.25) is 19.9 Å². The van der Waals surface area contributed by atoms with E-state index in [0.717, 1.165) is 11.1 Å². The molecule has 26 heavy (non-hydrogen) atoms. The van der Waals surface area contributed by atoms with Gasteiger partial charge in [-0.25, -0.2) is 0 Å². The molecule has 3 rings (SSSR count). The van der Waals surface area contributed by atoms with Gasteiger partial charge in [0.15, 0.2) is 0 Å². The minimum absolute atomic E-state index is 0.0789. The molecule has 0 saturated heterocycles. The number of aryl methyl sites for hydroxylation is 2. The van der Waals surface area contributed by atoms with E-state index >= 15 is 0 Å². The number of benzene rings is 1. The third kappa shape index (κ3) is 4.07. The minimum Gasteiger partial charge on any atom is -0.339 e. The lowest BCUT2D eigenvalue weighted by molar-refractivity contribution is -0.384. The Bertz CT molecular complexity index is 939. The Morgan fingerprint density at radius 1 is 1.27 bits per heavy atom. The number of hydrogen-bond donors (Lipinski definition) is 1. The van der Waals surface area contributed by atoms with Gasteiger partial charge >= 0.3 is 0 Å². The molecular formula is C17H15N5O4. The molecule has 1 aromatic carbocycles. The van der Waals surface area contributed by atoms with Crippen LogP contribution in [0.3, 0.4) is 0 Å². The van der Waals surface area contributed by atoms with Gasteiger partial charge in [0, 0.05) is 42.9 Å². The fourth-order valence-corrected chi connectivity index (χ4v) is 2.27. The van der Waals surface area contributed by atoms with E-state index in [0.29, 0.717) is 17.4 Å². The second kappa shape index (κ2) is 7.51. The molecule has 0 bridgehead atoms. The van der Waals surface area contributed by atoms with Crippen molar-refractivity contribution in [3.8, 4) is 11.4 Å². The number of carbonyl (C=O) groups excluding carboxylic acids is 1. The van der Waals surface area contributed by atoms with Crippen LogP contribution < -0.4 is 5.32 Å². The summed E-state index contributed by atoms with van der Waals surface area (Å²) in [5, 5.41) is 17.4. The van der Waals surface area contributed by atoms with E-state index in [2.05, 4.69) is 20.4 Å². The van der Waals surface area contributed by atoms with E-state index in [4.69, 9.17) is 4.52 Å². The quantitative estimate of drug-likeness (QED) is 0.533. The zero-order valence-corrected chi connectivity index (χ0v) is 13.9. The number of non-ortho nitro benzene ring substituents is 1. The number of nitrogens with one attached hydrogen (secondary N) is 1. The van der Waals surface area contributed by atoms with Crippen molar-refractivity contribution in [2.24, 2.45) is 0 Å². The van der Waals surface area contributed by atoms with Crippen LogP contribution in [-0.4, -0.2) is 26.0 Å². The standard InChI is InChI=1S/C17H15N5O4/c1-11-2-3-13(22(24)25)10-14(11)19-15(23)4-5-16-20-17(21-26-16)12-6-8-18-9-7-12/h2-3,6-10H,4-5H2,1H3,(H,19,23). The summed E-state index contributed by atoms with van der Waals surface area (Å²) in [7, 11) is 0. The van der Waals surface area contributed by atoms with Crippen LogP contribution in [0.2, 0.25) is 0 Å². The number of rotatable bonds is 6. The maximum Gasteiger partial charge on any atom is 0.271 e. The van der Waals surface area contributed by atoms with Gasteiger partial charge in [-0.05, 0) is 24.6 Å². The normalized spacial score (nSPS) is 10.5. The van der Waals surface area contributed by atoms with Crippen molar-refractivity contribution in [2.45, 2.75) is 19.8 Å². The summed E-state index contributed by atoms with van der Waals surface area (Å²) >= 11 is 0. The summed E-state index contributed by atoms with van der Waals surface area (Å²) in [6.45, 7) is 1.76. The second-order valence-electron chi connectivity index (χ2n) is 5.55. The van der Waals surface area contributed by atoms with Crippen molar-refractivity contribution in [2.75, 3.05) is 5.32 Å². The fourth-order valence-electron chi connectivity index (χ4n) is 2.27. The lowest BCUT2D eigenvalue weighted by atomic mass is 10.1. The van der Waals surface area contributed by atoms with Crippen LogP contribution in [0.4, 0.5) is 11.4 Å². The van der Waals surface area contributed by atoms with Crippen LogP contribution in [0.5, 0.6) is 0 Å². The van der Waals surface area contributed by atoms with Crippen molar-refractivity contribution >= 4 is 17.3 Å². The highest BCUT2D eigenvalue weighted by atomic mass is 16.6. The van der Waals surface area contributed by atoms with E-state index in [-0.39, 0.29) is 24.4 Å². The van der Waals surface area contributed by atoms with Crippen LogP contribution >= 0.6 is 0 Å². The maximum absolute atomic E-state index is 12.1. The van der Waals surface area contributed by atoms with Gasteiger partial charge in [0.05, 0.1) is 10.6 Å². The first-order valence-electron chi connectivity index (χ1n) is 7.81. The number of anilines is 1. The highest BCUT2D eigenvalue weighted by Crippen LogP contribution is 2.22. The van der Waals surface area contributed by atoms with Crippen LogP contribution in [-0.2, 0) is 11.2 Å². The Morgan fingerprint density at radius 3 is 2.77 bits per heavy atom. The molecule has 3 aromatic rings. The number of amides is 1. The molecule has 0 radical (unpaired) electrons. The summed E-state index contributed by atoms with van der Waals surface area (Å²) in [5.74, 6) is 0.470. The Balaban J connectivity index is 1.61. The zero-order valence-electron chi connectivity index (χ0n) is 13.9. The topological polar surface area (TPSA) is 124 Å². The van der Waals surface area contributed by atoms with E-state index in [1.807, 2.05) is 0 Å². The van der Waals surface area contributed by atoms with Gasteiger partial charge in [-0.2, -0.15) is 4.98 Å². The lowest BCUT2D eigenvalue weighted by Crippen LogP contribution is -2.13. The Hall–Kier alpha value is -3.62. The molecule has 0 aliphatic heterocycles. The predicted octanol–water partition coefficient (Wildman–Crippen LogP) is 2.92. The van der Waals surface area contributed by atoms with Crippen LogP contribution in [0.25, 0.3) is 11.4 Å². The van der Waals surface area contributed by atoms with Gasteiger partial charge in [0.25, 0.3) is 5.69 Å². The average molecular weight is 353 g/mol. The first kappa shape index (κ1) is 17.2. The van der Waals surface area contributed by atoms with Crippen molar-refractivity contribution in [1.29, 1.82) is 0 Å². The van der Waals surface area contributed by atoms with Crippen LogP contribution in [0.15, 0.2) is 47.2 Å². The highest BCUT2D eigenvalue weighted by Gasteiger charge is 2.13. The third-order valence-corrected chi connectivity index (χ3v) is 3.68. The largest absolute Gasteiger partial charge is 0.339 e. The van der Waals surface area contributed by atoms with E-state index in [1.54, 1.807) is 37.5 Å². The van der Waals surface area contributed by atoms with Crippen molar-refractivity contribution in [3.63, 3.8) is 0 Å². The Morgan fingerprint density at radius 2 is 2.04 bits per heavy atom. The summed E-state index contributed by atoms with van der Waals surface area (Å²) < 4.78 is 5.14. The number of pyridine rings is 1. The summed E-state index contributed by atoms with van der Waals surface area (Å²) in [6.07, 6.45) is 3.62. The molecule has 132 valence electrons. The first-order valence-corrected chi connectivity index (χ1v) is 7.81. The van der Waals surface area contributed by atoms with Crippen molar-refractivity contribution in [3.05, 3.63) is 64.3 Å². The number of nitro benzene ring substituents is 1. The molecule has 1 amide bonds. The lowest BCUT2D eigenvalue weighted by Gasteiger charge is -2.07. The van der Waals surface area contributed by atoms with Gasteiger partial charge in [-0.1, -0.05) is 11.2 Å². The molecule has 2 aromatic heterocycles. The molecule has 0 aliphatic rings. The molecule has 0 unspecified atom stereocenters. The SMILES string of the molecule is Cc1ccc([N+](=O)[O-])cc1NC(=O)CCc1nc(-c2ccncc2)no1. The predicted molar refractivity (Wildman–Crippen MR) is 92.3 cm³/mol. The van der Waals surface area contributed by atoms with Crippen molar-refractivity contribution in [1.82, 2.24) is 15.1 Å². The molecule has 0 saturated carbocycles. The smallest absolute Gasteiger partial charge is 0.271 e. The monoisotopic (exact) mass is 353 g/mol. The van der Waals surface area contributed by atoms with Crippen LogP contribution in [0.1, 0.15) is 17.9 Å². The molecule has 0 atom stereocenters. The first-order chi connectivity index (χ1) is 12.5. The van der Waals surface area contributed by atoms with E-state index in [9.17, 15) is 14.9 Å². The fraction of sp³-hybridized carbons (Fsp3) is 0.176. The van der Waals surface area contributed by atoms with Gasteiger partial charge in [0.1, 0.15) is 0 Å². The minimum atomic E-state index is -0.506. The number of nitrogens with zero attached hydrogens (tertiary/aromatic N) is 4. The molecule has 2 heterocycles. The van der Waals surface area contributed by atoms with E-state index < -0.39 is 4.92 Å². The second-order valence-corrected chi connectivity index (χ2v) is 5.55. The highest BCUT2D eigenvalue weighted by molar-refractivity contribution is 5.91. The Kier molecular flexibility index (Phi) is 4.97. The van der Waals surface area contributed by atoms with E-state index in [1.165, 1.54) is 12.1 Å².